The molecule has 6 heteroatoms. The summed E-state index contributed by atoms with van der Waals surface area (Å²) in [5.41, 5.74) is 5.34. The monoisotopic (exact) mass is 385 g/mol. The minimum absolute atomic E-state index is 0.0618. The van der Waals surface area contributed by atoms with Crippen LogP contribution in [0.15, 0.2) is 77.9 Å². The standard InChI is InChI=1S/C23H19N3O3/c1-15-6-8-16(9-7-15)20-14-21-19-4-2-3-5-22(19)29-23(25(21)24-20)17-10-12-18(13-11-17)26(27)28/h2-13,21,23H,14H2,1H3/t21-,23-/m0/s1. The smallest absolute Gasteiger partial charge is 0.269 e. The van der Waals surface area contributed by atoms with E-state index in [2.05, 4.69) is 37.3 Å². The highest BCUT2D eigenvalue weighted by atomic mass is 16.6. The second kappa shape index (κ2) is 6.74. The molecule has 6 nitrogen and oxygen atoms in total. The van der Waals surface area contributed by atoms with E-state index in [1.54, 1.807) is 12.1 Å². The average Bonchev–Trinajstić information content (AvgIpc) is 3.19. The van der Waals surface area contributed by atoms with Crippen LogP contribution in [0.3, 0.4) is 0 Å². The van der Waals surface area contributed by atoms with E-state index < -0.39 is 11.2 Å². The van der Waals surface area contributed by atoms with Gasteiger partial charge in [-0.25, -0.2) is 5.01 Å². The molecule has 0 aliphatic carbocycles. The van der Waals surface area contributed by atoms with Crippen LogP contribution in [0.1, 0.15) is 40.9 Å². The molecule has 0 amide bonds. The predicted octanol–water partition coefficient (Wildman–Crippen LogP) is 5.15. The van der Waals surface area contributed by atoms with Crippen LogP contribution >= 0.6 is 0 Å². The van der Waals surface area contributed by atoms with E-state index >= 15 is 0 Å². The maximum atomic E-state index is 11.0. The molecule has 5 rings (SSSR count). The fourth-order valence-corrected chi connectivity index (χ4v) is 3.94. The number of hydrazone groups is 1. The molecule has 0 spiro atoms. The van der Waals surface area contributed by atoms with E-state index in [1.165, 1.54) is 17.7 Å². The van der Waals surface area contributed by atoms with Crippen molar-refractivity contribution in [2.45, 2.75) is 25.6 Å². The molecule has 0 N–H and O–H groups in total. The topological polar surface area (TPSA) is 68.0 Å². The van der Waals surface area contributed by atoms with Crippen molar-refractivity contribution in [3.8, 4) is 5.75 Å². The van der Waals surface area contributed by atoms with Crippen molar-refractivity contribution < 1.29 is 9.66 Å². The van der Waals surface area contributed by atoms with Crippen LogP contribution < -0.4 is 4.74 Å². The van der Waals surface area contributed by atoms with Gasteiger partial charge in [-0.2, -0.15) is 5.10 Å². The Kier molecular flexibility index (Phi) is 4.05. The summed E-state index contributed by atoms with van der Waals surface area (Å²) in [4.78, 5) is 10.6. The molecule has 0 saturated heterocycles. The number of benzene rings is 3. The third-order valence-electron chi connectivity index (χ3n) is 5.47. The molecule has 0 saturated carbocycles. The molecule has 0 fully saturated rings. The van der Waals surface area contributed by atoms with Crippen LogP contribution in [0.25, 0.3) is 0 Å². The summed E-state index contributed by atoms with van der Waals surface area (Å²) in [6, 6.07) is 23.0. The van der Waals surface area contributed by atoms with Gasteiger partial charge in [0, 0.05) is 29.7 Å². The molecule has 2 atom stereocenters. The van der Waals surface area contributed by atoms with Gasteiger partial charge in [0.05, 0.1) is 16.7 Å². The lowest BCUT2D eigenvalue weighted by Crippen LogP contribution is -2.33. The van der Waals surface area contributed by atoms with Gasteiger partial charge in [-0.15, -0.1) is 0 Å². The number of aryl methyl sites for hydroxylation is 1. The van der Waals surface area contributed by atoms with Crippen molar-refractivity contribution in [3.63, 3.8) is 0 Å². The molecule has 144 valence electrons. The van der Waals surface area contributed by atoms with Crippen molar-refractivity contribution in [3.05, 3.63) is 105 Å². The minimum Gasteiger partial charge on any atom is -0.464 e. The Morgan fingerprint density at radius 1 is 1.03 bits per heavy atom. The summed E-state index contributed by atoms with van der Waals surface area (Å²) in [6.07, 6.45) is 0.353. The zero-order valence-electron chi connectivity index (χ0n) is 15.9. The summed E-state index contributed by atoms with van der Waals surface area (Å²) in [5, 5.41) is 17.9. The number of para-hydroxylation sites is 1. The quantitative estimate of drug-likeness (QED) is 0.462. The number of rotatable bonds is 3. The number of nitro benzene ring substituents is 1. The molecule has 3 aromatic rings. The molecule has 29 heavy (non-hydrogen) atoms. The Morgan fingerprint density at radius 3 is 2.48 bits per heavy atom. The maximum Gasteiger partial charge on any atom is 0.269 e. The van der Waals surface area contributed by atoms with Gasteiger partial charge in [0.1, 0.15) is 5.75 Å². The zero-order chi connectivity index (χ0) is 20.0. The van der Waals surface area contributed by atoms with Gasteiger partial charge < -0.3 is 4.74 Å². The number of fused-ring (bicyclic) bond motifs is 3. The zero-order valence-corrected chi connectivity index (χ0v) is 15.9. The van der Waals surface area contributed by atoms with E-state index in [4.69, 9.17) is 9.84 Å². The van der Waals surface area contributed by atoms with E-state index in [0.717, 1.165) is 34.6 Å². The second-order valence-electron chi connectivity index (χ2n) is 7.37. The van der Waals surface area contributed by atoms with Crippen molar-refractivity contribution >= 4 is 11.4 Å². The highest BCUT2D eigenvalue weighted by Gasteiger charge is 2.40. The Balaban J connectivity index is 1.56. The van der Waals surface area contributed by atoms with Gasteiger partial charge >= 0.3 is 0 Å². The number of hydrogen-bond acceptors (Lipinski definition) is 5. The first-order chi connectivity index (χ1) is 14.1. The predicted molar refractivity (Wildman–Crippen MR) is 110 cm³/mol. The first kappa shape index (κ1) is 17.4. The van der Waals surface area contributed by atoms with Crippen LogP contribution in [0.4, 0.5) is 5.69 Å². The number of nitro groups is 1. The lowest BCUT2D eigenvalue weighted by atomic mass is 9.95. The first-order valence-electron chi connectivity index (χ1n) is 9.53. The van der Waals surface area contributed by atoms with Gasteiger partial charge in [0.2, 0.25) is 6.23 Å². The minimum atomic E-state index is -0.432. The summed E-state index contributed by atoms with van der Waals surface area (Å²) < 4.78 is 6.28. The summed E-state index contributed by atoms with van der Waals surface area (Å²) >= 11 is 0. The average molecular weight is 385 g/mol. The highest BCUT2D eigenvalue weighted by Crippen LogP contribution is 2.47. The lowest BCUT2D eigenvalue weighted by molar-refractivity contribution is -0.384. The van der Waals surface area contributed by atoms with Gasteiger partial charge in [0.25, 0.3) is 5.69 Å². The van der Waals surface area contributed by atoms with Gasteiger partial charge in [-0.05, 0) is 30.7 Å². The SMILES string of the molecule is Cc1ccc(C2=NN3[C@@H](C2)c2ccccc2O[C@H]3c2ccc([N+](=O)[O-])cc2)cc1. The Labute approximate surface area is 168 Å². The number of hydrogen-bond donors (Lipinski definition) is 0. The highest BCUT2D eigenvalue weighted by molar-refractivity contribution is 6.02. The van der Waals surface area contributed by atoms with Crippen LogP contribution in [-0.2, 0) is 0 Å². The first-order valence-corrected chi connectivity index (χ1v) is 9.53. The molecule has 2 aliphatic rings. The Morgan fingerprint density at radius 2 is 1.76 bits per heavy atom. The van der Waals surface area contributed by atoms with Crippen molar-refractivity contribution in [1.29, 1.82) is 0 Å². The Bertz CT molecular complexity index is 1110. The van der Waals surface area contributed by atoms with Crippen molar-refractivity contribution in [2.24, 2.45) is 5.10 Å². The molecule has 0 radical (unpaired) electrons. The molecule has 2 aliphatic heterocycles. The fourth-order valence-electron chi connectivity index (χ4n) is 3.94. The van der Waals surface area contributed by atoms with Crippen molar-refractivity contribution in [1.82, 2.24) is 5.01 Å². The third kappa shape index (κ3) is 3.02. The van der Waals surface area contributed by atoms with Gasteiger partial charge in [0.15, 0.2) is 0 Å². The van der Waals surface area contributed by atoms with E-state index in [1.807, 2.05) is 23.2 Å². The van der Waals surface area contributed by atoms with Crippen LogP contribution in [0.2, 0.25) is 0 Å². The summed E-state index contributed by atoms with van der Waals surface area (Å²) in [6.45, 7) is 2.07. The normalized spacial score (nSPS) is 19.8. The largest absolute Gasteiger partial charge is 0.464 e. The van der Waals surface area contributed by atoms with E-state index in [0.29, 0.717) is 0 Å². The maximum absolute atomic E-state index is 11.0. The molecule has 3 aromatic carbocycles. The molecular formula is C23H19N3O3. The molecule has 0 unspecified atom stereocenters. The second-order valence-corrected chi connectivity index (χ2v) is 7.37. The molecule has 0 aromatic heterocycles. The van der Waals surface area contributed by atoms with Crippen LogP contribution in [0, 0.1) is 17.0 Å². The number of ether oxygens (including phenoxy) is 1. The molecule has 2 heterocycles. The number of non-ortho nitro benzene ring substituents is 1. The van der Waals surface area contributed by atoms with Crippen molar-refractivity contribution in [2.75, 3.05) is 0 Å². The molecular weight excluding hydrogens is 366 g/mol. The Hall–Kier alpha value is -3.67. The lowest BCUT2D eigenvalue weighted by Gasteiger charge is -2.38. The number of nitrogens with zero attached hydrogens (tertiary/aromatic N) is 3. The fraction of sp³-hybridized carbons (Fsp3) is 0.174. The summed E-state index contributed by atoms with van der Waals surface area (Å²) in [7, 11) is 0. The van der Waals surface area contributed by atoms with Crippen LogP contribution in [-0.4, -0.2) is 15.6 Å². The van der Waals surface area contributed by atoms with Gasteiger partial charge in [-0.3, -0.25) is 10.1 Å². The molecule has 0 bridgehead atoms. The third-order valence-corrected chi connectivity index (χ3v) is 5.47. The summed E-state index contributed by atoms with van der Waals surface area (Å²) in [5.74, 6) is 0.831. The van der Waals surface area contributed by atoms with E-state index in [-0.39, 0.29) is 11.7 Å². The van der Waals surface area contributed by atoms with Gasteiger partial charge in [-0.1, -0.05) is 48.0 Å². The van der Waals surface area contributed by atoms with E-state index in [9.17, 15) is 10.1 Å². The van der Waals surface area contributed by atoms with Crippen LogP contribution in [0.5, 0.6) is 5.75 Å².